The highest BCUT2D eigenvalue weighted by molar-refractivity contribution is 7.11. The standard InChI is InChI=1S/C36H39N9Si3/c1-7-19-31(20-8-1)37-46(38-32-21-9-2-10-22-32)43-47(39-33-23-11-3-12-24-33,40-34-25-13-4-14-26-34)45-48(44-46,41-35-27-15-5-16-28-35)42-36-29-17-6-18-30-36/h1-30,37-45H. The third-order valence-electron chi connectivity index (χ3n) is 7.76. The van der Waals surface area contributed by atoms with E-state index in [2.05, 4.69) is 189 Å². The molecule has 1 aliphatic rings. The quantitative estimate of drug-likeness (QED) is 0.0649. The monoisotopic (exact) mass is 681 g/mol. The van der Waals surface area contributed by atoms with Crippen LogP contribution in [0.4, 0.5) is 34.1 Å². The molecule has 6 aromatic rings. The second kappa shape index (κ2) is 14.2. The lowest BCUT2D eigenvalue weighted by atomic mass is 10.3. The molecule has 48 heavy (non-hydrogen) atoms. The van der Waals surface area contributed by atoms with E-state index in [-0.39, 0.29) is 0 Å². The van der Waals surface area contributed by atoms with E-state index >= 15 is 0 Å². The molecular weight excluding hydrogens is 643 g/mol. The van der Waals surface area contributed by atoms with Crippen molar-refractivity contribution < 1.29 is 0 Å². The van der Waals surface area contributed by atoms with Gasteiger partial charge in [-0.3, -0.25) is 13.9 Å². The molecule has 0 saturated carbocycles. The zero-order chi connectivity index (χ0) is 32.5. The number of hydrogen-bond donors (Lipinski definition) is 9. The zero-order valence-corrected chi connectivity index (χ0v) is 29.3. The Bertz CT molecular complexity index is 1500. The molecule has 6 aromatic carbocycles. The molecule has 0 unspecified atom stereocenters. The van der Waals surface area contributed by atoms with Crippen LogP contribution in [0.5, 0.6) is 0 Å². The van der Waals surface area contributed by atoms with Crippen LogP contribution in [0.15, 0.2) is 182 Å². The number of nitrogens with one attached hydrogen (secondary N) is 9. The van der Waals surface area contributed by atoms with Crippen LogP contribution in [0.2, 0.25) is 0 Å². The molecule has 0 aromatic heterocycles. The zero-order valence-electron chi connectivity index (χ0n) is 26.3. The maximum absolute atomic E-state index is 4.17. The van der Waals surface area contributed by atoms with Crippen molar-refractivity contribution in [3.63, 3.8) is 0 Å². The molecule has 0 atom stereocenters. The minimum Gasteiger partial charge on any atom is -0.370 e. The first-order chi connectivity index (χ1) is 23.6. The lowest BCUT2D eigenvalue weighted by Gasteiger charge is -2.54. The number of hydrogen-bond acceptors (Lipinski definition) is 9. The Morgan fingerprint density at radius 3 is 0.521 bits per heavy atom. The van der Waals surface area contributed by atoms with Gasteiger partial charge in [0.1, 0.15) is 0 Å². The van der Waals surface area contributed by atoms with Gasteiger partial charge in [0.25, 0.3) is 0 Å². The molecule has 1 heterocycles. The molecule has 9 nitrogen and oxygen atoms in total. The van der Waals surface area contributed by atoms with Gasteiger partial charge in [0, 0.05) is 34.1 Å². The average Bonchev–Trinajstić information content (AvgIpc) is 3.10. The average molecular weight is 682 g/mol. The number of benzene rings is 6. The Balaban J connectivity index is 1.44. The van der Waals surface area contributed by atoms with Gasteiger partial charge >= 0.3 is 26.2 Å². The summed E-state index contributed by atoms with van der Waals surface area (Å²) in [5, 5.41) is 0. The normalized spacial score (nSPS) is 15.8. The third-order valence-corrected chi connectivity index (χ3v) is 20.7. The molecule has 0 amide bonds. The largest absolute Gasteiger partial charge is 0.422 e. The Morgan fingerprint density at radius 2 is 0.375 bits per heavy atom. The second-order valence-corrected chi connectivity index (χ2v) is 20.6. The summed E-state index contributed by atoms with van der Waals surface area (Å²) < 4.78 is 12.5. The van der Waals surface area contributed by atoms with Gasteiger partial charge in [0.15, 0.2) is 0 Å². The van der Waals surface area contributed by atoms with Crippen LogP contribution >= 0.6 is 0 Å². The fourth-order valence-electron chi connectivity index (χ4n) is 5.83. The summed E-state index contributed by atoms with van der Waals surface area (Å²) in [6.45, 7) is 0. The Hall–Kier alpha value is -5.35. The molecular formula is C36H39N9Si3. The molecule has 7 rings (SSSR count). The van der Waals surface area contributed by atoms with Gasteiger partial charge in [0.05, 0.1) is 0 Å². The number of rotatable bonds is 12. The fourth-order valence-corrected chi connectivity index (χ4v) is 21.8. The van der Waals surface area contributed by atoms with Gasteiger partial charge < -0.3 is 29.9 Å². The minimum atomic E-state index is -3.24. The lowest BCUT2D eigenvalue weighted by molar-refractivity contribution is 1.02. The summed E-state index contributed by atoms with van der Waals surface area (Å²) in [6.07, 6.45) is 0. The molecule has 0 bridgehead atoms. The summed E-state index contributed by atoms with van der Waals surface area (Å²) >= 11 is 0. The smallest absolute Gasteiger partial charge is 0.370 e. The summed E-state index contributed by atoms with van der Waals surface area (Å²) in [7, 11) is -9.72. The second-order valence-electron chi connectivity index (χ2n) is 11.6. The topological polar surface area (TPSA) is 108 Å². The van der Waals surface area contributed by atoms with Crippen molar-refractivity contribution in [3.05, 3.63) is 182 Å². The first-order valence-electron chi connectivity index (χ1n) is 16.0. The molecule has 9 N–H and O–H groups in total. The van der Waals surface area contributed by atoms with E-state index < -0.39 is 26.2 Å². The predicted molar refractivity (Wildman–Crippen MR) is 207 cm³/mol. The molecule has 1 saturated heterocycles. The van der Waals surface area contributed by atoms with Crippen molar-refractivity contribution in [3.8, 4) is 0 Å². The van der Waals surface area contributed by atoms with Gasteiger partial charge in [0.2, 0.25) is 0 Å². The fraction of sp³-hybridized carbons (Fsp3) is 0. The van der Waals surface area contributed by atoms with E-state index in [9.17, 15) is 0 Å². The van der Waals surface area contributed by atoms with E-state index in [1.165, 1.54) is 0 Å². The lowest BCUT2D eigenvalue weighted by Crippen LogP contribution is -3.02. The van der Waals surface area contributed by atoms with Crippen molar-refractivity contribution in [2.24, 2.45) is 0 Å². The van der Waals surface area contributed by atoms with Gasteiger partial charge in [-0.2, -0.15) is 0 Å². The summed E-state index contributed by atoms with van der Waals surface area (Å²) in [5.41, 5.74) is 5.91. The highest BCUT2D eigenvalue weighted by Gasteiger charge is 2.63. The van der Waals surface area contributed by atoms with Crippen LogP contribution in [0, 0.1) is 0 Å². The number of para-hydroxylation sites is 6. The van der Waals surface area contributed by atoms with Crippen molar-refractivity contribution >= 4 is 60.3 Å². The van der Waals surface area contributed by atoms with Gasteiger partial charge in [-0.15, -0.1) is 0 Å². The molecule has 240 valence electrons. The van der Waals surface area contributed by atoms with E-state index in [0.29, 0.717) is 0 Å². The summed E-state index contributed by atoms with van der Waals surface area (Å²) in [6, 6.07) is 62.1. The van der Waals surface area contributed by atoms with E-state index in [1.807, 2.05) is 36.4 Å². The van der Waals surface area contributed by atoms with E-state index in [1.54, 1.807) is 0 Å². The van der Waals surface area contributed by atoms with Crippen molar-refractivity contribution in [1.29, 1.82) is 0 Å². The predicted octanol–water partition coefficient (Wildman–Crippen LogP) is 6.75. The summed E-state index contributed by atoms with van der Waals surface area (Å²) in [5.74, 6) is 0. The highest BCUT2D eigenvalue weighted by atomic mass is 28.5. The van der Waals surface area contributed by atoms with Gasteiger partial charge in [-0.1, -0.05) is 109 Å². The minimum absolute atomic E-state index is 0.985. The third kappa shape index (κ3) is 7.78. The van der Waals surface area contributed by atoms with Crippen molar-refractivity contribution in [1.82, 2.24) is 13.9 Å². The van der Waals surface area contributed by atoms with Crippen LogP contribution in [-0.4, -0.2) is 26.2 Å². The maximum atomic E-state index is 4.17. The Morgan fingerprint density at radius 1 is 0.229 bits per heavy atom. The van der Waals surface area contributed by atoms with E-state index in [4.69, 9.17) is 0 Å². The number of anilines is 6. The van der Waals surface area contributed by atoms with Gasteiger partial charge in [-0.05, 0) is 72.8 Å². The summed E-state index contributed by atoms with van der Waals surface area (Å²) in [4.78, 5) is 23.8. The molecule has 12 heteroatoms. The highest BCUT2D eigenvalue weighted by Crippen LogP contribution is 2.25. The van der Waals surface area contributed by atoms with Crippen molar-refractivity contribution in [2.75, 3.05) is 29.9 Å². The first-order valence-corrected chi connectivity index (χ1v) is 22.0. The Labute approximate surface area is 285 Å². The van der Waals surface area contributed by atoms with Crippen LogP contribution in [0.1, 0.15) is 0 Å². The molecule has 1 fully saturated rings. The van der Waals surface area contributed by atoms with Crippen LogP contribution < -0.4 is 43.8 Å². The van der Waals surface area contributed by atoms with E-state index in [0.717, 1.165) is 34.1 Å². The molecule has 0 spiro atoms. The molecule has 1 aliphatic heterocycles. The van der Waals surface area contributed by atoms with Crippen LogP contribution in [-0.2, 0) is 0 Å². The first kappa shape index (κ1) is 31.3. The van der Waals surface area contributed by atoms with Crippen LogP contribution in [0.3, 0.4) is 0 Å². The van der Waals surface area contributed by atoms with Gasteiger partial charge in [-0.25, -0.2) is 0 Å². The van der Waals surface area contributed by atoms with Crippen LogP contribution in [0.25, 0.3) is 0 Å². The maximum Gasteiger partial charge on any atom is 0.422 e. The molecule has 0 aliphatic carbocycles. The SMILES string of the molecule is c1ccc(N[Si]2(Nc3ccccc3)N[Si](Nc3ccccc3)(Nc3ccccc3)N[Si](Nc3ccccc3)(Nc3ccccc3)N2)cc1. The Kier molecular flexibility index (Phi) is 9.24. The van der Waals surface area contributed by atoms with Crippen molar-refractivity contribution in [2.45, 2.75) is 0 Å². The molecule has 0 radical (unpaired) electrons.